The van der Waals surface area contributed by atoms with Crippen molar-refractivity contribution in [1.82, 2.24) is 9.47 Å². The number of nitrogens with zero attached hydrogens (tertiary/aromatic N) is 2. The first kappa shape index (κ1) is 17.2. The maximum absolute atomic E-state index is 12.5. The lowest BCUT2D eigenvalue weighted by Crippen LogP contribution is -2.29. The van der Waals surface area contributed by atoms with Crippen LogP contribution in [-0.4, -0.2) is 34.4 Å². The highest BCUT2D eigenvalue weighted by molar-refractivity contribution is 6.05. The molecule has 3 rings (SSSR count). The van der Waals surface area contributed by atoms with E-state index in [9.17, 15) is 9.59 Å². The van der Waals surface area contributed by atoms with Crippen LogP contribution >= 0.6 is 0 Å². The molecule has 1 fully saturated rings. The van der Waals surface area contributed by atoms with Gasteiger partial charge < -0.3 is 15.6 Å². The zero-order valence-electron chi connectivity index (χ0n) is 14.5. The molecule has 0 spiro atoms. The van der Waals surface area contributed by atoms with Crippen LogP contribution in [0.3, 0.4) is 0 Å². The van der Waals surface area contributed by atoms with Gasteiger partial charge in [-0.3, -0.25) is 14.5 Å². The number of primary amides is 1. The molecule has 6 heteroatoms. The van der Waals surface area contributed by atoms with Gasteiger partial charge in [-0.15, -0.1) is 0 Å². The maximum atomic E-state index is 12.5. The number of aromatic nitrogens is 1. The normalized spacial score (nSPS) is 15.1. The van der Waals surface area contributed by atoms with E-state index in [1.165, 1.54) is 19.3 Å². The molecule has 1 aromatic heterocycles. The Morgan fingerprint density at radius 1 is 1.16 bits per heavy atom. The van der Waals surface area contributed by atoms with Gasteiger partial charge in [-0.1, -0.05) is 18.6 Å². The van der Waals surface area contributed by atoms with Crippen molar-refractivity contribution in [2.45, 2.75) is 25.8 Å². The number of likely N-dealkylation sites (tertiary alicyclic amines) is 1. The highest BCUT2D eigenvalue weighted by Crippen LogP contribution is 2.16. The molecule has 2 amide bonds. The second-order valence-electron chi connectivity index (χ2n) is 6.58. The van der Waals surface area contributed by atoms with Crippen molar-refractivity contribution < 1.29 is 9.59 Å². The Bertz CT molecular complexity index is 775. The van der Waals surface area contributed by atoms with E-state index in [-0.39, 0.29) is 5.91 Å². The van der Waals surface area contributed by atoms with Crippen LogP contribution in [0.25, 0.3) is 0 Å². The average Bonchev–Trinajstić information content (AvgIpc) is 2.96. The molecule has 0 atom stereocenters. The first-order valence-corrected chi connectivity index (χ1v) is 8.62. The summed E-state index contributed by atoms with van der Waals surface area (Å²) in [7, 11) is 1.72. The van der Waals surface area contributed by atoms with Gasteiger partial charge >= 0.3 is 0 Å². The van der Waals surface area contributed by atoms with Gasteiger partial charge in [0.05, 0.1) is 5.69 Å². The van der Waals surface area contributed by atoms with Crippen molar-refractivity contribution in [2.24, 2.45) is 12.8 Å². The van der Waals surface area contributed by atoms with Gasteiger partial charge in [-0.25, -0.2) is 0 Å². The summed E-state index contributed by atoms with van der Waals surface area (Å²) < 4.78 is 1.60. The number of benzene rings is 1. The van der Waals surface area contributed by atoms with Crippen molar-refractivity contribution in [3.63, 3.8) is 0 Å². The minimum atomic E-state index is -0.522. The fourth-order valence-corrected chi connectivity index (χ4v) is 3.27. The number of aryl methyl sites for hydroxylation is 1. The molecule has 0 aliphatic carbocycles. The zero-order valence-corrected chi connectivity index (χ0v) is 14.5. The smallest absolute Gasteiger partial charge is 0.265 e. The molecule has 1 saturated heterocycles. The minimum absolute atomic E-state index is 0.192. The summed E-state index contributed by atoms with van der Waals surface area (Å²) in [6.07, 6.45) is 5.48. The molecular formula is C19H24N4O2. The van der Waals surface area contributed by atoms with Crippen LogP contribution in [0.4, 0.5) is 5.69 Å². The van der Waals surface area contributed by atoms with Crippen LogP contribution in [0.15, 0.2) is 36.5 Å². The molecule has 2 heterocycles. The molecule has 1 aliphatic rings. The van der Waals surface area contributed by atoms with E-state index in [2.05, 4.69) is 16.3 Å². The average molecular weight is 340 g/mol. The maximum Gasteiger partial charge on any atom is 0.265 e. The lowest BCUT2D eigenvalue weighted by Gasteiger charge is -2.26. The summed E-state index contributed by atoms with van der Waals surface area (Å²) in [6, 6.07) is 9.28. The van der Waals surface area contributed by atoms with E-state index < -0.39 is 5.91 Å². The summed E-state index contributed by atoms with van der Waals surface area (Å²) >= 11 is 0. The number of carbonyl (C=O) groups excluding carboxylic acids is 2. The van der Waals surface area contributed by atoms with Gasteiger partial charge in [0, 0.05) is 25.4 Å². The topological polar surface area (TPSA) is 80.4 Å². The quantitative estimate of drug-likeness (QED) is 0.877. The summed E-state index contributed by atoms with van der Waals surface area (Å²) in [4.78, 5) is 26.2. The van der Waals surface area contributed by atoms with Crippen LogP contribution in [0.2, 0.25) is 0 Å². The lowest BCUT2D eigenvalue weighted by molar-refractivity contribution is 0.0990. The third-order valence-corrected chi connectivity index (χ3v) is 4.56. The minimum Gasteiger partial charge on any atom is -0.364 e. The molecule has 0 saturated carbocycles. The third-order valence-electron chi connectivity index (χ3n) is 4.56. The van der Waals surface area contributed by atoms with Gasteiger partial charge in [-0.05, 0) is 49.7 Å². The molecule has 0 unspecified atom stereocenters. The first-order chi connectivity index (χ1) is 12.0. The summed E-state index contributed by atoms with van der Waals surface area (Å²) in [5.41, 5.74) is 7.96. The Labute approximate surface area is 147 Å². The lowest BCUT2D eigenvalue weighted by atomic mass is 10.1. The number of anilines is 1. The predicted octanol–water partition coefficient (Wildman–Crippen LogP) is 2.36. The van der Waals surface area contributed by atoms with E-state index in [0.717, 1.165) is 25.2 Å². The molecule has 2 aromatic rings. The highest BCUT2D eigenvalue weighted by atomic mass is 16.2. The standard InChI is InChI=1S/C19H24N4O2/c1-22-13-16(11-17(22)18(20)24)21-19(25)15-7-5-6-14(10-15)12-23-8-3-2-4-9-23/h5-7,10-11,13H,2-4,8-9,12H2,1H3,(H2,20,24)(H,21,25). The van der Waals surface area contributed by atoms with Crippen LogP contribution in [-0.2, 0) is 13.6 Å². The Morgan fingerprint density at radius 2 is 1.92 bits per heavy atom. The fraction of sp³-hybridized carbons (Fsp3) is 0.368. The number of nitrogens with one attached hydrogen (secondary N) is 1. The Hall–Kier alpha value is -2.60. The fourth-order valence-electron chi connectivity index (χ4n) is 3.27. The second-order valence-corrected chi connectivity index (χ2v) is 6.58. The SMILES string of the molecule is Cn1cc(NC(=O)c2cccc(CN3CCCCC3)c2)cc1C(N)=O. The predicted molar refractivity (Wildman–Crippen MR) is 97.5 cm³/mol. The first-order valence-electron chi connectivity index (χ1n) is 8.62. The summed E-state index contributed by atoms with van der Waals surface area (Å²) in [5, 5.41) is 2.82. The van der Waals surface area contributed by atoms with E-state index in [4.69, 9.17) is 5.73 Å². The van der Waals surface area contributed by atoms with Crippen molar-refractivity contribution in [3.05, 3.63) is 53.3 Å². The van der Waals surface area contributed by atoms with Crippen LogP contribution in [0.5, 0.6) is 0 Å². The summed E-state index contributed by atoms with van der Waals surface area (Å²) in [6.45, 7) is 3.12. The molecule has 25 heavy (non-hydrogen) atoms. The van der Waals surface area contributed by atoms with E-state index in [1.54, 1.807) is 29.9 Å². The van der Waals surface area contributed by atoms with Crippen LogP contribution in [0.1, 0.15) is 45.7 Å². The van der Waals surface area contributed by atoms with Crippen LogP contribution in [0, 0.1) is 0 Å². The van der Waals surface area contributed by atoms with Crippen LogP contribution < -0.4 is 11.1 Å². The molecule has 6 nitrogen and oxygen atoms in total. The zero-order chi connectivity index (χ0) is 17.8. The highest BCUT2D eigenvalue weighted by Gasteiger charge is 2.14. The number of nitrogens with two attached hydrogens (primary N) is 1. The molecule has 0 radical (unpaired) electrons. The Balaban J connectivity index is 1.68. The number of hydrogen-bond donors (Lipinski definition) is 2. The van der Waals surface area contributed by atoms with Crippen molar-refractivity contribution in [3.8, 4) is 0 Å². The number of hydrogen-bond acceptors (Lipinski definition) is 3. The monoisotopic (exact) mass is 340 g/mol. The van der Waals surface area contributed by atoms with Crippen molar-refractivity contribution in [2.75, 3.05) is 18.4 Å². The van der Waals surface area contributed by atoms with Gasteiger partial charge in [-0.2, -0.15) is 0 Å². The van der Waals surface area contributed by atoms with E-state index in [0.29, 0.717) is 16.9 Å². The molecule has 1 aromatic carbocycles. The third kappa shape index (κ3) is 4.28. The van der Waals surface area contributed by atoms with Crippen molar-refractivity contribution in [1.29, 1.82) is 0 Å². The van der Waals surface area contributed by atoms with Crippen molar-refractivity contribution >= 4 is 17.5 Å². The number of carbonyl (C=O) groups is 2. The van der Waals surface area contributed by atoms with Gasteiger partial charge in [0.25, 0.3) is 11.8 Å². The second kappa shape index (κ2) is 7.53. The molecule has 132 valence electrons. The molecule has 1 aliphatic heterocycles. The Morgan fingerprint density at radius 3 is 2.60 bits per heavy atom. The van der Waals surface area contributed by atoms with E-state index in [1.807, 2.05) is 12.1 Å². The number of piperidine rings is 1. The number of rotatable bonds is 5. The largest absolute Gasteiger partial charge is 0.364 e. The van der Waals surface area contributed by atoms with Gasteiger partial charge in [0.15, 0.2) is 0 Å². The van der Waals surface area contributed by atoms with E-state index >= 15 is 0 Å². The summed E-state index contributed by atoms with van der Waals surface area (Å²) in [5.74, 6) is -0.714. The molecule has 0 bridgehead atoms. The number of amides is 2. The van der Waals surface area contributed by atoms with Gasteiger partial charge in [0.2, 0.25) is 0 Å². The molecule has 3 N–H and O–H groups in total. The Kier molecular flexibility index (Phi) is 5.19. The molecular weight excluding hydrogens is 316 g/mol. The van der Waals surface area contributed by atoms with Gasteiger partial charge in [0.1, 0.15) is 5.69 Å².